The van der Waals surface area contributed by atoms with Gasteiger partial charge < -0.3 is 0 Å². The van der Waals surface area contributed by atoms with Crippen LogP contribution in [-0.4, -0.2) is 10.2 Å². The van der Waals surface area contributed by atoms with Crippen LogP contribution < -0.4 is 0 Å². The van der Waals surface area contributed by atoms with E-state index in [0.717, 1.165) is 33.3 Å². The summed E-state index contributed by atoms with van der Waals surface area (Å²) in [5.41, 5.74) is 6.58. The highest BCUT2D eigenvalue weighted by atomic mass is 15.1. The van der Waals surface area contributed by atoms with E-state index in [0.29, 0.717) is 0 Å². The Bertz CT molecular complexity index is 951. The molecule has 0 unspecified atom stereocenters. The normalized spacial score (nSPS) is 10.9. The highest BCUT2D eigenvalue weighted by molar-refractivity contribution is 6.02. The molecule has 0 aliphatic carbocycles. The first-order valence-corrected chi connectivity index (χ1v) is 8.13. The number of hydrogen-bond donors (Lipinski definition) is 0. The first-order chi connectivity index (χ1) is 11.8. The lowest BCUT2D eigenvalue weighted by molar-refractivity contribution is 1.06. The predicted molar refractivity (Wildman–Crippen MR) is 99.9 cm³/mol. The number of aryl methyl sites for hydroxylation is 2. The topological polar surface area (TPSA) is 25.8 Å². The van der Waals surface area contributed by atoms with Gasteiger partial charge in [-0.3, -0.25) is 0 Å². The van der Waals surface area contributed by atoms with Crippen LogP contribution in [-0.2, 0) is 0 Å². The molecule has 1 aromatic heterocycles. The van der Waals surface area contributed by atoms with E-state index in [2.05, 4.69) is 84.7 Å². The third-order valence-corrected chi connectivity index (χ3v) is 4.49. The minimum atomic E-state index is 0.945. The van der Waals surface area contributed by atoms with E-state index in [4.69, 9.17) is 0 Å². The smallest absolute Gasteiger partial charge is 0.101 e. The van der Waals surface area contributed by atoms with Crippen molar-refractivity contribution < 1.29 is 0 Å². The van der Waals surface area contributed by atoms with Crippen molar-refractivity contribution in [1.82, 2.24) is 10.2 Å². The van der Waals surface area contributed by atoms with Gasteiger partial charge in [0.1, 0.15) is 11.4 Å². The molecule has 1 heterocycles. The number of fused-ring (bicyclic) bond motifs is 1. The molecule has 2 nitrogen and oxygen atoms in total. The van der Waals surface area contributed by atoms with Gasteiger partial charge in [0.15, 0.2) is 0 Å². The summed E-state index contributed by atoms with van der Waals surface area (Å²) >= 11 is 0. The lowest BCUT2D eigenvalue weighted by Gasteiger charge is -2.12. The Morgan fingerprint density at radius 3 is 1.29 bits per heavy atom. The molecule has 0 aliphatic rings. The third kappa shape index (κ3) is 2.37. The number of benzene rings is 3. The van der Waals surface area contributed by atoms with Crippen LogP contribution in [0.4, 0.5) is 0 Å². The fourth-order valence-corrected chi connectivity index (χ4v) is 3.18. The molecule has 0 fully saturated rings. The SMILES string of the molecule is Cc1ccccc1-c1nnc(-c2ccccc2C)c2ccccc12. The van der Waals surface area contributed by atoms with E-state index >= 15 is 0 Å². The predicted octanol–water partition coefficient (Wildman–Crippen LogP) is 5.58. The molecule has 3 aromatic carbocycles. The Balaban J connectivity index is 2.04. The van der Waals surface area contributed by atoms with Crippen molar-refractivity contribution in [2.75, 3.05) is 0 Å². The van der Waals surface area contributed by atoms with E-state index in [1.807, 2.05) is 12.1 Å². The summed E-state index contributed by atoms with van der Waals surface area (Å²) in [4.78, 5) is 0. The van der Waals surface area contributed by atoms with E-state index in [9.17, 15) is 0 Å². The van der Waals surface area contributed by atoms with Crippen LogP contribution in [0.1, 0.15) is 11.1 Å². The second-order valence-corrected chi connectivity index (χ2v) is 6.07. The monoisotopic (exact) mass is 310 g/mol. The molecule has 0 aliphatic heterocycles. The zero-order valence-corrected chi connectivity index (χ0v) is 13.8. The van der Waals surface area contributed by atoms with Crippen LogP contribution >= 0.6 is 0 Å². The summed E-state index contributed by atoms with van der Waals surface area (Å²) in [5, 5.41) is 11.5. The molecule has 24 heavy (non-hydrogen) atoms. The summed E-state index contributed by atoms with van der Waals surface area (Å²) in [6.07, 6.45) is 0. The van der Waals surface area contributed by atoms with Crippen LogP contribution in [0, 0.1) is 13.8 Å². The van der Waals surface area contributed by atoms with Crippen molar-refractivity contribution >= 4 is 10.8 Å². The van der Waals surface area contributed by atoms with Crippen molar-refractivity contribution in [3.8, 4) is 22.5 Å². The summed E-state index contributed by atoms with van der Waals surface area (Å²) in [6.45, 7) is 4.22. The van der Waals surface area contributed by atoms with Crippen molar-refractivity contribution in [3.63, 3.8) is 0 Å². The highest BCUT2D eigenvalue weighted by Crippen LogP contribution is 2.34. The number of nitrogens with zero attached hydrogens (tertiary/aromatic N) is 2. The Hall–Kier alpha value is -3.00. The quantitative estimate of drug-likeness (QED) is 0.483. The summed E-state index contributed by atoms with van der Waals surface area (Å²) in [5.74, 6) is 0. The Morgan fingerprint density at radius 1 is 0.500 bits per heavy atom. The van der Waals surface area contributed by atoms with Crippen LogP contribution in [0.2, 0.25) is 0 Å². The van der Waals surface area contributed by atoms with Crippen molar-refractivity contribution in [2.24, 2.45) is 0 Å². The number of hydrogen-bond acceptors (Lipinski definition) is 2. The van der Waals surface area contributed by atoms with E-state index < -0.39 is 0 Å². The van der Waals surface area contributed by atoms with Crippen LogP contribution in [0.5, 0.6) is 0 Å². The molecule has 0 saturated carbocycles. The number of rotatable bonds is 2. The Labute approximate surface area is 141 Å². The fourth-order valence-electron chi connectivity index (χ4n) is 3.18. The zero-order chi connectivity index (χ0) is 16.5. The largest absolute Gasteiger partial charge is 0.149 e. The molecule has 4 rings (SSSR count). The van der Waals surface area contributed by atoms with E-state index in [-0.39, 0.29) is 0 Å². The molecule has 0 radical (unpaired) electrons. The zero-order valence-electron chi connectivity index (χ0n) is 13.8. The van der Waals surface area contributed by atoms with Gasteiger partial charge in [-0.15, -0.1) is 10.2 Å². The van der Waals surface area contributed by atoms with Crippen molar-refractivity contribution in [3.05, 3.63) is 83.9 Å². The van der Waals surface area contributed by atoms with Gasteiger partial charge in [-0.05, 0) is 25.0 Å². The minimum absolute atomic E-state index is 0.945. The average Bonchev–Trinajstić information content (AvgIpc) is 2.62. The van der Waals surface area contributed by atoms with E-state index in [1.54, 1.807) is 0 Å². The first-order valence-electron chi connectivity index (χ1n) is 8.13. The maximum atomic E-state index is 4.61. The molecular formula is C22H18N2. The van der Waals surface area contributed by atoms with Crippen LogP contribution in [0.15, 0.2) is 72.8 Å². The second-order valence-electron chi connectivity index (χ2n) is 6.07. The van der Waals surface area contributed by atoms with Gasteiger partial charge in [-0.1, -0.05) is 72.8 Å². The van der Waals surface area contributed by atoms with Gasteiger partial charge >= 0.3 is 0 Å². The van der Waals surface area contributed by atoms with Gasteiger partial charge in [-0.2, -0.15) is 0 Å². The molecule has 0 bridgehead atoms. The summed E-state index contributed by atoms with van der Waals surface area (Å²) in [6, 6.07) is 25.0. The van der Waals surface area contributed by atoms with Gasteiger partial charge in [-0.25, -0.2) is 0 Å². The molecule has 0 N–H and O–H groups in total. The van der Waals surface area contributed by atoms with Gasteiger partial charge in [0.25, 0.3) is 0 Å². The number of aromatic nitrogens is 2. The van der Waals surface area contributed by atoms with Crippen molar-refractivity contribution in [1.29, 1.82) is 0 Å². The van der Waals surface area contributed by atoms with Crippen molar-refractivity contribution in [2.45, 2.75) is 13.8 Å². The molecule has 2 heteroatoms. The first kappa shape index (κ1) is 14.6. The van der Waals surface area contributed by atoms with Crippen LogP contribution in [0.3, 0.4) is 0 Å². The standard InChI is InChI=1S/C22H18N2/c1-15-9-3-5-11-17(15)21-19-13-7-8-14-20(19)22(24-23-21)18-12-6-4-10-16(18)2/h3-14H,1-2H3. The van der Waals surface area contributed by atoms with Gasteiger partial charge in [0, 0.05) is 21.9 Å². The highest BCUT2D eigenvalue weighted by Gasteiger charge is 2.14. The van der Waals surface area contributed by atoms with Gasteiger partial charge in [0.05, 0.1) is 0 Å². The molecule has 0 atom stereocenters. The summed E-state index contributed by atoms with van der Waals surface area (Å²) < 4.78 is 0. The van der Waals surface area contributed by atoms with Gasteiger partial charge in [0.2, 0.25) is 0 Å². The molecule has 4 aromatic rings. The Kier molecular flexibility index (Phi) is 3.58. The Morgan fingerprint density at radius 2 is 0.875 bits per heavy atom. The lowest BCUT2D eigenvalue weighted by atomic mass is 9.97. The molecule has 116 valence electrons. The average molecular weight is 310 g/mol. The molecule has 0 spiro atoms. The van der Waals surface area contributed by atoms with E-state index in [1.165, 1.54) is 11.1 Å². The molecular weight excluding hydrogens is 292 g/mol. The molecule has 0 amide bonds. The fraction of sp³-hybridized carbons (Fsp3) is 0.0909. The third-order valence-electron chi connectivity index (χ3n) is 4.49. The maximum absolute atomic E-state index is 4.61. The minimum Gasteiger partial charge on any atom is -0.149 e. The lowest BCUT2D eigenvalue weighted by Crippen LogP contribution is -1.97. The second kappa shape index (κ2) is 5.89. The summed E-state index contributed by atoms with van der Waals surface area (Å²) in [7, 11) is 0. The van der Waals surface area contributed by atoms with Crippen LogP contribution in [0.25, 0.3) is 33.3 Å². The maximum Gasteiger partial charge on any atom is 0.101 e. The molecule has 0 saturated heterocycles.